The van der Waals surface area contributed by atoms with Gasteiger partial charge in [0.15, 0.2) is 0 Å². The largest absolute Gasteiger partial charge is 0.487 e. The summed E-state index contributed by atoms with van der Waals surface area (Å²) in [5.41, 5.74) is 4.97. The Hall–Kier alpha value is -2.44. The molecule has 0 aliphatic carbocycles. The fourth-order valence-corrected chi connectivity index (χ4v) is 3.94. The third-order valence-corrected chi connectivity index (χ3v) is 6.05. The van der Waals surface area contributed by atoms with Gasteiger partial charge in [-0.1, -0.05) is 18.2 Å². The maximum absolute atomic E-state index is 12.5. The van der Waals surface area contributed by atoms with E-state index in [0.29, 0.717) is 18.9 Å². The molecule has 0 saturated carbocycles. The Morgan fingerprint density at radius 3 is 2.67 bits per heavy atom. The Labute approximate surface area is 185 Å². The molecule has 6 heteroatoms. The van der Waals surface area contributed by atoms with Crippen molar-refractivity contribution in [2.75, 3.05) is 20.1 Å². The minimum absolute atomic E-state index is 0.0485. The minimum atomic E-state index is -0.0485. The van der Waals surface area contributed by atoms with Gasteiger partial charge in [0.1, 0.15) is 12.4 Å². The average molecular weight is 468 g/mol. The number of halogens is 1. The number of aryl methyl sites for hydroxylation is 2. The maximum Gasteiger partial charge on any atom is 0.254 e. The van der Waals surface area contributed by atoms with Crippen LogP contribution in [0.15, 0.2) is 64.1 Å². The molecule has 1 aromatic carbocycles. The first-order valence-electron chi connectivity index (χ1n) is 10.3. The Morgan fingerprint density at radius 1 is 1.07 bits per heavy atom. The van der Waals surface area contributed by atoms with E-state index in [1.54, 1.807) is 16.8 Å². The van der Waals surface area contributed by atoms with Crippen molar-refractivity contribution in [2.24, 2.45) is 0 Å². The van der Waals surface area contributed by atoms with Crippen molar-refractivity contribution in [3.8, 4) is 5.75 Å². The average Bonchev–Trinajstić information content (AvgIpc) is 2.94. The number of fused-ring (bicyclic) bond motifs is 1. The summed E-state index contributed by atoms with van der Waals surface area (Å²) in [5.74, 6) is 0.565. The van der Waals surface area contributed by atoms with E-state index in [1.165, 1.54) is 16.7 Å². The van der Waals surface area contributed by atoms with E-state index >= 15 is 0 Å². The zero-order chi connectivity index (χ0) is 20.9. The molecule has 0 atom stereocenters. The summed E-state index contributed by atoms with van der Waals surface area (Å²) in [4.78, 5) is 19.2. The second-order valence-corrected chi connectivity index (χ2v) is 8.72. The van der Waals surface area contributed by atoms with Crippen molar-refractivity contribution in [3.05, 3.63) is 92.1 Å². The number of likely N-dealkylation sites (N-methyl/N-ethyl adjacent to an activating group) is 1. The van der Waals surface area contributed by atoms with Gasteiger partial charge >= 0.3 is 0 Å². The van der Waals surface area contributed by atoms with E-state index in [2.05, 4.69) is 51.1 Å². The second kappa shape index (κ2) is 9.58. The minimum Gasteiger partial charge on any atom is -0.487 e. The summed E-state index contributed by atoms with van der Waals surface area (Å²) in [6.45, 7) is 3.22. The first-order chi connectivity index (χ1) is 14.6. The number of rotatable bonds is 6. The highest BCUT2D eigenvalue weighted by molar-refractivity contribution is 9.10. The van der Waals surface area contributed by atoms with Gasteiger partial charge in [-0.25, -0.2) is 0 Å². The zero-order valence-corrected chi connectivity index (χ0v) is 18.8. The maximum atomic E-state index is 12.5. The van der Waals surface area contributed by atoms with Crippen LogP contribution in [0.2, 0.25) is 0 Å². The van der Waals surface area contributed by atoms with Gasteiger partial charge in [0.25, 0.3) is 5.56 Å². The topological polar surface area (TPSA) is 47.4 Å². The third kappa shape index (κ3) is 5.37. The van der Waals surface area contributed by atoms with Crippen LogP contribution in [0.3, 0.4) is 0 Å². The number of aromatic nitrogens is 2. The second-order valence-electron chi connectivity index (χ2n) is 7.81. The highest BCUT2D eigenvalue weighted by atomic mass is 79.9. The van der Waals surface area contributed by atoms with Gasteiger partial charge < -0.3 is 14.2 Å². The smallest absolute Gasteiger partial charge is 0.254 e. The van der Waals surface area contributed by atoms with E-state index in [-0.39, 0.29) is 5.56 Å². The van der Waals surface area contributed by atoms with Crippen LogP contribution in [0.5, 0.6) is 5.75 Å². The standard InChI is InChI=1S/C24H26BrN3O2/c1-27-10-7-19-3-2-18(14-20(19)8-11-27)6-12-28-13-9-23(15-24(28)29)30-17-22-5-4-21(25)16-26-22/h2-5,9,13-16H,6-8,10-12,17H2,1H3. The van der Waals surface area contributed by atoms with Crippen LogP contribution in [0.1, 0.15) is 22.4 Å². The normalized spacial score (nSPS) is 14.2. The molecule has 1 aliphatic heterocycles. The predicted octanol–water partition coefficient (Wildman–Crippen LogP) is 3.86. The van der Waals surface area contributed by atoms with Gasteiger partial charge in [-0.05, 0) is 77.1 Å². The highest BCUT2D eigenvalue weighted by Gasteiger charge is 2.11. The van der Waals surface area contributed by atoms with Crippen molar-refractivity contribution in [1.82, 2.24) is 14.5 Å². The Morgan fingerprint density at radius 2 is 1.90 bits per heavy atom. The quantitative estimate of drug-likeness (QED) is 0.552. The van der Waals surface area contributed by atoms with Gasteiger partial charge in [0.05, 0.1) is 5.69 Å². The van der Waals surface area contributed by atoms with E-state index in [0.717, 1.165) is 42.5 Å². The molecular formula is C24H26BrN3O2. The SMILES string of the molecule is CN1CCc2ccc(CCn3ccc(OCc4ccc(Br)cn4)cc3=O)cc2CC1. The van der Waals surface area contributed by atoms with E-state index in [4.69, 9.17) is 4.74 Å². The highest BCUT2D eigenvalue weighted by Crippen LogP contribution is 2.18. The number of ether oxygens (including phenoxy) is 1. The molecule has 0 amide bonds. The number of benzene rings is 1. The molecule has 0 spiro atoms. The molecule has 156 valence electrons. The van der Waals surface area contributed by atoms with Crippen LogP contribution in [0, 0.1) is 0 Å². The molecule has 0 unspecified atom stereocenters. The summed E-state index contributed by atoms with van der Waals surface area (Å²) < 4.78 is 8.38. The van der Waals surface area contributed by atoms with Crippen LogP contribution in [0.4, 0.5) is 0 Å². The van der Waals surface area contributed by atoms with Crippen molar-refractivity contribution >= 4 is 15.9 Å². The molecule has 0 radical (unpaired) electrons. The van der Waals surface area contributed by atoms with Crippen LogP contribution in [-0.4, -0.2) is 34.6 Å². The lowest BCUT2D eigenvalue weighted by atomic mass is 9.99. The fourth-order valence-electron chi connectivity index (χ4n) is 3.71. The molecule has 2 aromatic heterocycles. The van der Waals surface area contributed by atoms with Crippen LogP contribution >= 0.6 is 15.9 Å². The van der Waals surface area contributed by atoms with Crippen molar-refractivity contribution in [3.63, 3.8) is 0 Å². The predicted molar refractivity (Wildman–Crippen MR) is 122 cm³/mol. The van der Waals surface area contributed by atoms with Crippen molar-refractivity contribution < 1.29 is 4.74 Å². The summed E-state index contributed by atoms with van der Waals surface area (Å²) >= 11 is 3.36. The molecule has 3 aromatic rings. The van der Waals surface area contributed by atoms with Crippen molar-refractivity contribution in [2.45, 2.75) is 32.4 Å². The molecule has 5 nitrogen and oxygen atoms in total. The first kappa shape index (κ1) is 20.8. The lowest BCUT2D eigenvalue weighted by Gasteiger charge is -2.11. The number of pyridine rings is 2. The van der Waals surface area contributed by atoms with E-state index in [9.17, 15) is 4.79 Å². The van der Waals surface area contributed by atoms with Crippen molar-refractivity contribution in [1.29, 1.82) is 0 Å². The van der Waals surface area contributed by atoms with Gasteiger partial charge in [-0.15, -0.1) is 0 Å². The van der Waals surface area contributed by atoms with Crippen LogP contribution < -0.4 is 10.3 Å². The number of nitrogens with zero attached hydrogens (tertiary/aromatic N) is 3. The van der Waals surface area contributed by atoms with Crippen LogP contribution in [0.25, 0.3) is 0 Å². The fraction of sp³-hybridized carbons (Fsp3) is 0.333. The van der Waals surface area contributed by atoms with Gasteiger partial charge in [0.2, 0.25) is 0 Å². The molecule has 1 aliphatic rings. The lowest BCUT2D eigenvalue weighted by molar-refractivity contribution is 0.300. The first-order valence-corrected chi connectivity index (χ1v) is 11.1. The molecule has 3 heterocycles. The molecule has 30 heavy (non-hydrogen) atoms. The molecular weight excluding hydrogens is 442 g/mol. The van der Waals surface area contributed by atoms with E-state index < -0.39 is 0 Å². The number of hydrogen-bond donors (Lipinski definition) is 0. The summed E-state index contributed by atoms with van der Waals surface area (Å²) in [6, 6.07) is 14.0. The summed E-state index contributed by atoms with van der Waals surface area (Å²) in [6.07, 6.45) is 6.59. The molecule has 4 rings (SSSR count). The molecule has 0 N–H and O–H groups in total. The van der Waals surface area contributed by atoms with Crippen LogP contribution in [-0.2, 0) is 32.4 Å². The Balaban J connectivity index is 1.36. The zero-order valence-electron chi connectivity index (χ0n) is 17.2. The number of hydrogen-bond acceptors (Lipinski definition) is 4. The van der Waals surface area contributed by atoms with Gasteiger partial charge in [-0.3, -0.25) is 9.78 Å². The molecule has 0 saturated heterocycles. The lowest BCUT2D eigenvalue weighted by Crippen LogP contribution is -2.20. The Bertz CT molecular complexity index is 1060. The summed E-state index contributed by atoms with van der Waals surface area (Å²) in [5, 5.41) is 0. The molecule has 0 fully saturated rings. The Kier molecular flexibility index (Phi) is 6.65. The summed E-state index contributed by atoms with van der Waals surface area (Å²) in [7, 11) is 2.18. The van der Waals surface area contributed by atoms with Gasteiger partial charge in [-0.2, -0.15) is 0 Å². The van der Waals surface area contributed by atoms with Gasteiger partial charge in [0, 0.05) is 42.6 Å². The third-order valence-electron chi connectivity index (χ3n) is 5.58. The monoisotopic (exact) mass is 467 g/mol. The van der Waals surface area contributed by atoms with E-state index in [1.807, 2.05) is 24.4 Å². The molecule has 0 bridgehead atoms.